The normalized spacial score (nSPS) is 11.2. The highest BCUT2D eigenvalue weighted by Gasteiger charge is 2.12. The molecule has 6 heteroatoms. The summed E-state index contributed by atoms with van der Waals surface area (Å²) in [4.78, 5) is 0. The van der Waals surface area contributed by atoms with Crippen molar-refractivity contribution in [3.8, 4) is 5.75 Å². The quantitative estimate of drug-likeness (QED) is 0.745. The van der Waals surface area contributed by atoms with E-state index in [0.717, 1.165) is 0 Å². The molecule has 2 aromatic carbocycles. The predicted molar refractivity (Wildman–Crippen MR) is 75.2 cm³/mol. The topological polar surface area (TPSA) is 92.4 Å². The van der Waals surface area contributed by atoms with Gasteiger partial charge in [-0.15, -0.1) is 0 Å². The molecule has 0 aliphatic carbocycles. The van der Waals surface area contributed by atoms with E-state index < -0.39 is 10.0 Å². The summed E-state index contributed by atoms with van der Waals surface area (Å²) in [5.41, 5.74) is 7.05. The molecule has 0 aromatic heterocycles. The number of aromatic hydroxyl groups is 1. The summed E-state index contributed by atoms with van der Waals surface area (Å²) in [7, 11) is -3.54. The van der Waals surface area contributed by atoms with Gasteiger partial charge in [0.15, 0.2) is 0 Å². The van der Waals surface area contributed by atoms with Gasteiger partial charge in [0, 0.05) is 11.8 Å². The average Bonchev–Trinajstić information content (AvgIpc) is 2.27. The van der Waals surface area contributed by atoms with Crippen LogP contribution in [0.2, 0.25) is 0 Å². The smallest absolute Gasteiger partial charge is 0.236 e. The summed E-state index contributed by atoms with van der Waals surface area (Å²) in [5, 5.41) is 9.28. The van der Waals surface area contributed by atoms with Gasteiger partial charge in [-0.25, -0.2) is 8.42 Å². The van der Waals surface area contributed by atoms with Gasteiger partial charge in [-0.2, -0.15) is 0 Å². The van der Waals surface area contributed by atoms with Crippen molar-refractivity contribution in [3.63, 3.8) is 0 Å². The van der Waals surface area contributed by atoms with E-state index >= 15 is 0 Å². The van der Waals surface area contributed by atoms with Crippen LogP contribution in [0.25, 0.3) is 0 Å². The monoisotopic (exact) mass is 278 g/mol. The number of benzene rings is 2. The van der Waals surface area contributed by atoms with E-state index in [2.05, 4.69) is 4.72 Å². The predicted octanol–water partition coefficient (Wildman–Crippen LogP) is 1.92. The van der Waals surface area contributed by atoms with Crippen molar-refractivity contribution in [1.29, 1.82) is 0 Å². The number of sulfonamides is 1. The minimum Gasteiger partial charge on any atom is -0.508 e. The Morgan fingerprint density at radius 3 is 2.53 bits per heavy atom. The Labute approximate surface area is 111 Å². The number of nitrogens with one attached hydrogen (secondary N) is 1. The Hall–Kier alpha value is -2.21. The molecule has 0 spiro atoms. The highest BCUT2D eigenvalue weighted by molar-refractivity contribution is 7.91. The van der Waals surface area contributed by atoms with E-state index in [1.165, 1.54) is 12.1 Å². The number of phenols is 1. The molecule has 100 valence electrons. The van der Waals surface area contributed by atoms with Crippen molar-refractivity contribution in [2.24, 2.45) is 0 Å². The van der Waals surface area contributed by atoms with Crippen LogP contribution in [-0.4, -0.2) is 13.5 Å². The molecule has 0 amide bonds. The maximum absolute atomic E-state index is 12.0. The molecule has 5 nitrogen and oxygen atoms in total. The van der Waals surface area contributed by atoms with E-state index in [4.69, 9.17) is 5.73 Å². The summed E-state index contributed by atoms with van der Waals surface area (Å²) in [6.07, 6.45) is 0. The lowest BCUT2D eigenvalue weighted by Crippen LogP contribution is -2.15. The lowest BCUT2D eigenvalue weighted by atomic mass is 10.2. The van der Waals surface area contributed by atoms with Crippen LogP contribution in [0.5, 0.6) is 5.75 Å². The zero-order valence-corrected chi connectivity index (χ0v) is 10.9. The lowest BCUT2D eigenvalue weighted by molar-refractivity contribution is 0.475. The van der Waals surface area contributed by atoms with Crippen LogP contribution in [0.4, 0.5) is 11.4 Å². The van der Waals surface area contributed by atoms with Crippen LogP contribution in [0, 0.1) is 0 Å². The van der Waals surface area contributed by atoms with Crippen molar-refractivity contribution in [2.45, 2.75) is 5.75 Å². The van der Waals surface area contributed by atoms with Gasteiger partial charge in [-0.1, -0.05) is 18.2 Å². The zero-order valence-electron chi connectivity index (χ0n) is 10.1. The van der Waals surface area contributed by atoms with Gasteiger partial charge >= 0.3 is 0 Å². The van der Waals surface area contributed by atoms with Gasteiger partial charge < -0.3 is 10.8 Å². The third-order valence-electron chi connectivity index (χ3n) is 2.43. The van der Waals surface area contributed by atoms with Gasteiger partial charge in [0.1, 0.15) is 5.75 Å². The van der Waals surface area contributed by atoms with Crippen LogP contribution < -0.4 is 10.5 Å². The summed E-state index contributed by atoms with van der Waals surface area (Å²) in [6.45, 7) is 0. The first kappa shape index (κ1) is 13.2. The highest BCUT2D eigenvalue weighted by Crippen LogP contribution is 2.18. The fourth-order valence-corrected chi connectivity index (χ4v) is 2.86. The molecule has 0 bridgehead atoms. The van der Waals surface area contributed by atoms with E-state index in [1.54, 1.807) is 36.4 Å². The molecule has 0 unspecified atom stereocenters. The van der Waals surface area contributed by atoms with Crippen molar-refractivity contribution in [3.05, 3.63) is 54.1 Å². The maximum Gasteiger partial charge on any atom is 0.236 e. The second-order valence-corrected chi connectivity index (χ2v) is 5.88. The molecule has 0 aliphatic heterocycles. The van der Waals surface area contributed by atoms with Crippen LogP contribution in [0.1, 0.15) is 5.56 Å². The van der Waals surface area contributed by atoms with E-state index in [0.29, 0.717) is 16.9 Å². The van der Waals surface area contributed by atoms with E-state index in [-0.39, 0.29) is 11.5 Å². The maximum atomic E-state index is 12.0. The van der Waals surface area contributed by atoms with Crippen LogP contribution in [0.3, 0.4) is 0 Å². The van der Waals surface area contributed by atoms with Gasteiger partial charge in [-0.3, -0.25) is 4.72 Å². The highest BCUT2D eigenvalue weighted by atomic mass is 32.2. The summed E-state index contributed by atoms with van der Waals surface area (Å²) >= 11 is 0. The number of nitrogen functional groups attached to an aromatic ring is 1. The van der Waals surface area contributed by atoms with Crippen molar-refractivity contribution >= 4 is 21.4 Å². The first-order valence-electron chi connectivity index (χ1n) is 5.58. The SMILES string of the molecule is Nc1cccc(CS(=O)(=O)Nc2cccc(O)c2)c1. The lowest BCUT2D eigenvalue weighted by Gasteiger charge is -2.08. The van der Waals surface area contributed by atoms with Gasteiger partial charge in [-0.05, 0) is 29.8 Å². The fraction of sp³-hybridized carbons (Fsp3) is 0.0769. The fourth-order valence-electron chi connectivity index (χ4n) is 1.69. The molecule has 0 aliphatic rings. The third kappa shape index (κ3) is 3.89. The van der Waals surface area contributed by atoms with E-state index in [9.17, 15) is 13.5 Å². The van der Waals surface area contributed by atoms with Gasteiger partial charge in [0.05, 0.1) is 11.4 Å². The van der Waals surface area contributed by atoms with Crippen LogP contribution in [-0.2, 0) is 15.8 Å². The first-order valence-corrected chi connectivity index (χ1v) is 7.24. The second kappa shape index (κ2) is 5.19. The molecule has 4 N–H and O–H groups in total. The van der Waals surface area contributed by atoms with Gasteiger partial charge in [0.2, 0.25) is 10.0 Å². The molecule has 0 saturated heterocycles. The Kier molecular flexibility index (Phi) is 3.62. The number of rotatable bonds is 4. The Morgan fingerprint density at radius 1 is 1.11 bits per heavy atom. The Bertz CT molecular complexity index is 630. The summed E-state index contributed by atoms with van der Waals surface area (Å²) in [5.74, 6) is -0.169. The Morgan fingerprint density at radius 2 is 1.84 bits per heavy atom. The van der Waals surface area contributed by atoms with E-state index in [1.807, 2.05) is 0 Å². The molecule has 2 rings (SSSR count). The van der Waals surface area contributed by atoms with Crippen molar-refractivity contribution in [2.75, 3.05) is 10.5 Å². The van der Waals surface area contributed by atoms with Crippen molar-refractivity contribution < 1.29 is 13.5 Å². The molecular formula is C13H14N2O3S. The number of anilines is 2. The number of nitrogens with two attached hydrogens (primary N) is 1. The molecule has 19 heavy (non-hydrogen) atoms. The van der Waals surface area contributed by atoms with Crippen LogP contribution in [0.15, 0.2) is 48.5 Å². The summed E-state index contributed by atoms with van der Waals surface area (Å²) in [6, 6.07) is 12.6. The average molecular weight is 278 g/mol. The molecule has 0 heterocycles. The number of phenolic OH excluding ortho intramolecular Hbond substituents is 1. The Balaban J connectivity index is 2.15. The minimum absolute atomic E-state index is 0.00385. The molecule has 0 radical (unpaired) electrons. The van der Waals surface area contributed by atoms with Crippen LogP contribution >= 0.6 is 0 Å². The third-order valence-corrected chi connectivity index (χ3v) is 3.69. The number of hydrogen-bond acceptors (Lipinski definition) is 4. The number of hydrogen-bond donors (Lipinski definition) is 3. The van der Waals surface area contributed by atoms with Gasteiger partial charge in [0.25, 0.3) is 0 Å². The standard InChI is InChI=1S/C13H14N2O3S/c14-11-4-1-3-10(7-11)9-19(17,18)15-12-5-2-6-13(16)8-12/h1-8,15-16H,9,14H2. The summed E-state index contributed by atoms with van der Waals surface area (Å²) < 4.78 is 26.3. The first-order chi connectivity index (χ1) is 8.94. The zero-order chi connectivity index (χ0) is 13.9. The second-order valence-electron chi connectivity index (χ2n) is 4.16. The molecule has 0 fully saturated rings. The molecule has 0 atom stereocenters. The largest absolute Gasteiger partial charge is 0.508 e. The minimum atomic E-state index is -3.54. The molecular weight excluding hydrogens is 264 g/mol. The van der Waals surface area contributed by atoms with Crippen molar-refractivity contribution in [1.82, 2.24) is 0 Å². The molecule has 0 saturated carbocycles. The molecule has 2 aromatic rings.